The summed E-state index contributed by atoms with van der Waals surface area (Å²) in [4.78, 5) is 40.3. The summed E-state index contributed by atoms with van der Waals surface area (Å²) in [5.74, 6) is -6.34. The van der Waals surface area contributed by atoms with Crippen molar-refractivity contribution in [1.82, 2.24) is 4.90 Å². The maximum atomic E-state index is 13.7. The monoisotopic (exact) mass is 470 g/mol. The third-order valence-corrected chi connectivity index (χ3v) is 7.50. The van der Waals surface area contributed by atoms with Crippen molar-refractivity contribution >= 4 is 23.2 Å². The molecule has 1 fully saturated rings. The van der Waals surface area contributed by atoms with Gasteiger partial charge in [0.05, 0.1) is 11.6 Å². The van der Waals surface area contributed by atoms with E-state index in [1.165, 1.54) is 11.0 Å². The molecule has 3 aliphatic rings. The van der Waals surface area contributed by atoms with Gasteiger partial charge in [0.25, 0.3) is 5.91 Å². The highest BCUT2D eigenvalue weighted by atomic mass is 16.3. The maximum Gasteiger partial charge on any atom is 0.255 e. The van der Waals surface area contributed by atoms with Gasteiger partial charge in [0.2, 0.25) is 5.78 Å². The number of aliphatic hydroxyl groups excluding tert-OH is 2. The number of aliphatic hydroxyl groups is 3. The number of amides is 1. The number of benzene rings is 1. The Labute approximate surface area is 197 Å². The van der Waals surface area contributed by atoms with Crippen LogP contribution in [0.15, 0.2) is 29.0 Å². The Morgan fingerprint density at radius 3 is 2.47 bits per heavy atom. The van der Waals surface area contributed by atoms with Crippen LogP contribution >= 0.6 is 0 Å². The first-order chi connectivity index (χ1) is 16.0. The number of carbonyl (C=O) groups excluding carboxylic acids is 3. The number of carbonyl (C=O) groups is 3. The highest BCUT2D eigenvalue weighted by molar-refractivity contribution is 6.24. The minimum absolute atomic E-state index is 0.0919. The second-order valence-corrected chi connectivity index (χ2v) is 9.66. The number of nitrogens with two attached hydrogens (primary N) is 1. The molecule has 0 unspecified atom stereocenters. The topological polar surface area (TPSA) is 161 Å². The van der Waals surface area contributed by atoms with Crippen molar-refractivity contribution in [1.29, 1.82) is 0 Å². The van der Waals surface area contributed by atoms with E-state index in [1.54, 1.807) is 14.1 Å². The van der Waals surface area contributed by atoms with Gasteiger partial charge in [-0.05, 0) is 62.9 Å². The van der Waals surface area contributed by atoms with Gasteiger partial charge in [-0.1, -0.05) is 19.4 Å². The first-order valence-electron chi connectivity index (χ1n) is 11.4. The molecule has 0 bridgehead atoms. The van der Waals surface area contributed by atoms with Crippen molar-refractivity contribution < 1.29 is 34.8 Å². The summed E-state index contributed by atoms with van der Waals surface area (Å²) in [7, 11) is 3.16. The third kappa shape index (κ3) is 3.18. The number of fused-ring (bicyclic) bond motifs is 3. The average molecular weight is 471 g/mol. The number of phenols is 1. The summed E-state index contributed by atoms with van der Waals surface area (Å²) in [6.07, 6.45) is 3.02. The lowest BCUT2D eigenvalue weighted by molar-refractivity contribution is -0.153. The van der Waals surface area contributed by atoms with E-state index in [2.05, 4.69) is 6.92 Å². The Kier molecular flexibility index (Phi) is 5.81. The molecular formula is C25H30N2O7. The van der Waals surface area contributed by atoms with E-state index in [1.807, 2.05) is 6.07 Å². The van der Waals surface area contributed by atoms with E-state index in [-0.39, 0.29) is 23.3 Å². The molecule has 182 valence electrons. The van der Waals surface area contributed by atoms with Crippen LogP contribution < -0.4 is 5.73 Å². The molecule has 3 aliphatic carbocycles. The lowest BCUT2D eigenvalue weighted by Crippen LogP contribution is -2.65. The Morgan fingerprint density at radius 2 is 1.88 bits per heavy atom. The van der Waals surface area contributed by atoms with Gasteiger partial charge in [0, 0.05) is 11.5 Å². The Balaban J connectivity index is 1.94. The lowest BCUT2D eigenvalue weighted by atomic mass is 9.57. The second-order valence-electron chi connectivity index (χ2n) is 9.66. The molecule has 0 saturated heterocycles. The fourth-order valence-corrected chi connectivity index (χ4v) is 5.91. The van der Waals surface area contributed by atoms with Gasteiger partial charge < -0.3 is 26.2 Å². The summed E-state index contributed by atoms with van der Waals surface area (Å²) in [5.41, 5.74) is 3.60. The number of aryl methyl sites for hydroxylation is 1. The van der Waals surface area contributed by atoms with Crippen LogP contribution in [0.1, 0.15) is 42.9 Å². The van der Waals surface area contributed by atoms with Gasteiger partial charge in [-0.3, -0.25) is 19.3 Å². The van der Waals surface area contributed by atoms with E-state index >= 15 is 0 Å². The first-order valence-corrected chi connectivity index (χ1v) is 11.4. The van der Waals surface area contributed by atoms with Crippen LogP contribution in [0.4, 0.5) is 0 Å². The van der Waals surface area contributed by atoms with Crippen LogP contribution in [0, 0.1) is 11.8 Å². The number of ketones is 2. The number of nitrogens with zero attached hydrogens (tertiary/aromatic N) is 1. The molecule has 0 aromatic heterocycles. The van der Waals surface area contributed by atoms with Crippen molar-refractivity contribution in [2.45, 2.75) is 50.7 Å². The molecule has 0 heterocycles. The van der Waals surface area contributed by atoms with Gasteiger partial charge in [-0.15, -0.1) is 0 Å². The van der Waals surface area contributed by atoms with Crippen LogP contribution in [0.25, 0.3) is 5.76 Å². The molecule has 0 aliphatic heterocycles. The van der Waals surface area contributed by atoms with Crippen LogP contribution in [0.2, 0.25) is 0 Å². The lowest BCUT2D eigenvalue weighted by Gasteiger charge is -2.50. The van der Waals surface area contributed by atoms with E-state index in [0.717, 1.165) is 30.4 Å². The van der Waals surface area contributed by atoms with E-state index in [9.17, 15) is 34.8 Å². The largest absolute Gasteiger partial charge is 0.508 e. The molecule has 4 atom stereocenters. The van der Waals surface area contributed by atoms with Crippen molar-refractivity contribution in [3.63, 3.8) is 0 Å². The highest BCUT2D eigenvalue weighted by Crippen LogP contribution is 2.52. The molecule has 1 amide bonds. The average Bonchev–Trinajstić information content (AvgIpc) is 2.75. The number of hydrogen-bond donors (Lipinski definition) is 5. The Morgan fingerprint density at radius 1 is 1.21 bits per heavy atom. The fourth-order valence-electron chi connectivity index (χ4n) is 5.91. The zero-order chi connectivity index (χ0) is 25.1. The zero-order valence-corrected chi connectivity index (χ0v) is 19.5. The molecule has 9 nitrogen and oxygen atoms in total. The van der Waals surface area contributed by atoms with Crippen LogP contribution in [0.3, 0.4) is 0 Å². The highest BCUT2D eigenvalue weighted by Gasteiger charge is 2.64. The van der Waals surface area contributed by atoms with Gasteiger partial charge in [-0.25, -0.2) is 0 Å². The summed E-state index contributed by atoms with van der Waals surface area (Å²) < 4.78 is 0. The first kappa shape index (κ1) is 24.0. The molecule has 9 heteroatoms. The number of primary amides is 1. The summed E-state index contributed by atoms with van der Waals surface area (Å²) >= 11 is 0. The minimum Gasteiger partial charge on any atom is -0.508 e. The number of aromatic hydroxyl groups is 1. The van der Waals surface area contributed by atoms with Crippen molar-refractivity contribution in [3.8, 4) is 5.75 Å². The SMILES string of the molecule is CCCCc1ccc(O)c2c1C[C@H]1C[C@H]3[C@H](N(C)C)C(=O)C(C(N)=O)=C(O)[C@@]3(O)C(=O)C1=C2O. The summed E-state index contributed by atoms with van der Waals surface area (Å²) in [5, 5.41) is 44.1. The number of rotatable bonds is 5. The van der Waals surface area contributed by atoms with Crippen molar-refractivity contribution in [2.24, 2.45) is 17.6 Å². The van der Waals surface area contributed by atoms with Crippen molar-refractivity contribution in [3.05, 3.63) is 45.7 Å². The van der Waals surface area contributed by atoms with Gasteiger partial charge in [-0.2, -0.15) is 0 Å². The van der Waals surface area contributed by atoms with Gasteiger partial charge in [0.15, 0.2) is 11.4 Å². The number of hydrogen-bond acceptors (Lipinski definition) is 8. The van der Waals surface area contributed by atoms with E-state index < -0.39 is 58.0 Å². The Bertz CT molecular complexity index is 1170. The molecular weight excluding hydrogens is 440 g/mol. The van der Waals surface area contributed by atoms with E-state index in [0.29, 0.717) is 6.42 Å². The number of unbranched alkanes of at least 4 members (excludes halogenated alkanes) is 1. The summed E-state index contributed by atoms with van der Waals surface area (Å²) in [6, 6.07) is 2.19. The predicted octanol–water partition coefficient (Wildman–Crippen LogP) is 1.31. The molecule has 1 aromatic carbocycles. The third-order valence-electron chi connectivity index (χ3n) is 7.50. The smallest absolute Gasteiger partial charge is 0.255 e. The number of Topliss-reactive ketones (excluding diaryl/α,β-unsaturated/α-hetero) is 2. The second kappa shape index (κ2) is 8.25. The quantitative estimate of drug-likeness (QED) is 0.402. The molecule has 34 heavy (non-hydrogen) atoms. The number of phenolic OH excluding ortho intramolecular Hbond substituents is 1. The van der Waals surface area contributed by atoms with Crippen LogP contribution in [-0.2, 0) is 27.2 Å². The van der Waals surface area contributed by atoms with Gasteiger partial charge >= 0.3 is 0 Å². The zero-order valence-electron chi connectivity index (χ0n) is 19.5. The van der Waals surface area contributed by atoms with Gasteiger partial charge in [0.1, 0.15) is 22.8 Å². The molecule has 6 N–H and O–H groups in total. The van der Waals surface area contributed by atoms with Crippen LogP contribution in [-0.4, -0.2) is 68.5 Å². The molecule has 1 saturated carbocycles. The normalized spacial score (nSPS) is 28.7. The fraction of sp³-hybridized carbons (Fsp3) is 0.480. The van der Waals surface area contributed by atoms with E-state index in [4.69, 9.17) is 5.73 Å². The maximum absolute atomic E-state index is 13.7. The molecule has 4 rings (SSSR count). The Hall–Kier alpha value is -3.17. The number of likely N-dealkylation sites (N-methyl/N-ethyl adjacent to an activating group) is 1. The standard InChI is InChI=1S/C25H30N2O7/c1-4-5-6-11-7-8-15(28)17-13(11)9-12-10-14-19(27(2)3)21(30)18(24(26)33)23(32)25(14,34)22(31)16(12)20(17)29/h7-8,12,14,19,28-29,32,34H,4-6,9-10H2,1-3H3,(H2,26,33)/t12-,14-,19-,25-/m0/s1. The molecule has 0 spiro atoms. The van der Waals surface area contributed by atoms with Crippen molar-refractivity contribution in [2.75, 3.05) is 14.1 Å². The molecule has 1 aromatic rings. The predicted molar refractivity (Wildman–Crippen MR) is 123 cm³/mol. The van der Waals surface area contributed by atoms with Crippen LogP contribution in [0.5, 0.6) is 5.75 Å². The summed E-state index contributed by atoms with van der Waals surface area (Å²) in [6.45, 7) is 2.06. The minimum atomic E-state index is -2.61. The molecule has 0 radical (unpaired) electrons.